The van der Waals surface area contributed by atoms with Gasteiger partial charge in [-0.1, -0.05) is 27.7 Å². The van der Waals surface area contributed by atoms with E-state index < -0.39 is 5.97 Å². The van der Waals surface area contributed by atoms with Gasteiger partial charge in [0.2, 0.25) is 0 Å². The van der Waals surface area contributed by atoms with E-state index >= 15 is 0 Å². The molecule has 5 nitrogen and oxygen atoms in total. The second-order valence-electron chi connectivity index (χ2n) is 6.44. The number of carbonyl (C=O) groups excluding carboxylic acids is 1. The van der Waals surface area contributed by atoms with Crippen molar-refractivity contribution in [3.8, 4) is 0 Å². The van der Waals surface area contributed by atoms with Gasteiger partial charge in [-0.15, -0.1) is 0 Å². The second-order valence-corrected chi connectivity index (χ2v) is 6.44. The third-order valence-corrected chi connectivity index (χ3v) is 4.33. The number of likely N-dealkylation sites (tertiary alicyclic amines) is 1. The Labute approximate surface area is 121 Å². The van der Waals surface area contributed by atoms with Gasteiger partial charge in [-0.3, -0.25) is 4.79 Å². The van der Waals surface area contributed by atoms with E-state index in [-0.39, 0.29) is 11.9 Å². The van der Waals surface area contributed by atoms with Crippen LogP contribution in [0, 0.1) is 23.7 Å². The lowest BCUT2D eigenvalue weighted by Gasteiger charge is -2.32. The SMILES string of the molecule is CC(C)C(CNC(=O)N1CCC(C(=O)O)CC1)C(C)C. The number of aliphatic carboxylic acids is 1. The van der Waals surface area contributed by atoms with Crippen molar-refractivity contribution in [1.82, 2.24) is 10.2 Å². The maximum atomic E-state index is 12.1. The van der Waals surface area contributed by atoms with Crippen molar-refractivity contribution in [2.45, 2.75) is 40.5 Å². The minimum atomic E-state index is -0.746. The molecule has 1 heterocycles. The predicted molar refractivity (Wildman–Crippen MR) is 78.5 cm³/mol. The zero-order valence-electron chi connectivity index (χ0n) is 13.1. The van der Waals surface area contributed by atoms with Crippen LogP contribution in [-0.2, 0) is 4.79 Å². The van der Waals surface area contributed by atoms with Crippen LogP contribution in [0.1, 0.15) is 40.5 Å². The lowest BCUT2D eigenvalue weighted by atomic mass is 9.85. The Bertz CT molecular complexity index is 326. The van der Waals surface area contributed by atoms with Gasteiger partial charge in [-0.2, -0.15) is 0 Å². The van der Waals surface area contributed by atoms with Crippen LogP contribution in [0.15, 0.2) is 0 Å². The van der Waals surface area contributed by atoms with Gasteiger partial charge in [0, 0.05) is 19.6 Å². The predicted octanol–water partition coefficient (Wildman–Crippen LogP) is 2.42. The van der Waals surface area contributed by atoms with Gasteiger partial charge in [0.25, 0.3) is 0 Å². The van der Waals surface area contributed by atoms with Crippen molar-refractivity contribution in [3.63, 3.8) is 0 Å². The standard InChI is InChI=1S/C15H28N2O3/c1-10(2)13(11(3)4)9-16-15(20)17-7-5-12(6-8-17)14(18)19/h10-13H,5-9H2,1-4H3,(H,16,20)(H,18,19). The summed E-state index contributed by atoms with van der Waals surface area (Å²) in [5.74, 6) is 0.500. The van der Waals surface area contributed by atoms with E-state index in [1.807, 2.05) is 0 Å². The molecule has 0 aromatic heterocycles. The molecule has 1 rings (SSSR count). The highest BCUT2D eigenvalue weighted by Crippen LogP contribution is 2.20. The van der Waals surface area contributed by atoms with E-state index in [1.54, 1.807) is 4.90 Å². The number of rotatable bonds is 5. The van der Waals surface area contributed by atoms with Crippen molar-refractivity contribution in [3.05, 3.63) is 0 Å². The highest BCUT2D eigenvalue weighted by Gasteiger charge is 2.27. The molecular weight excluding hydrogens is 256 g/mol. The van der Waals surface area contributed by atoms with Crippen molar-refractivity contribution in [1.29, 1.82) is 0 Å². The number of carboxylic acid groups (broad SMARTS) is 1. The molecule has 1 saturated heterocycles. The summed E-state index contributed by atoms with van der Waals surface area (Å²) in [5.41, 5.74) is 0. The smallest absolute Gasteiger partial charge is 0.317 e. The Morgan fingerprint density at radius 3 is 2.05 bits per heavy atom. The molecule has 2 N–H and O–H groups in total. The van der Waals surface area contributed by atoms with Crippen LogP contribution >= 0.6 is 0 Å². The summed E-state index contributed by atoms with van der Waals surface area (Å²) in [5, 5.41) is 11.9. The molecule has 0 spiro atoms. The molecule has 1 aliphatic rings. The number of hydrogen-bond donors (Lipinski definition) is 2. The van der Waals surface area contributed by atoms with Crippen LogP contribution in [0.25, 0.3) is 0 Å². The Kier molecular flexibility index (Phi) is 6.30. The molecule has 116 valence electrons. The third-order valence-electron chi connectivity index (χ3n) is 4.33. The average Bonchev–Trinajstić information content (AvgIpc) is 2.38. The molecule has 2 amide bonds. The molecule has 0 atom stereocenters. The van der Waals surface area contributed by atoms with Crippen LogP contribution in [-0.4, -0.2) is 41.6 Å². The number of urea groups is 1. The first-order valence-electron chi connectivity index (χ1n) is 7.58. The number of carbonyl (C=O) groups is 2. The van der Waals surface area contributed by atoms with Gasteiger partial charge in [0.05, 0.1) is 5.92 Å². The summed E-state index contributed by atoms with van der Waals surface area (Å²) < 4.78 is 0. The van der Waals surface area contributed by atoms with Gasteiger partial charge < -0.3 is 15.3 Å². The molecule has 0 aliphatic carbocycles. The van der Waals surface area contributed by atoms with Crippen molar-refractivity contribution >= 4 is 12.0 Å². The first kappa shape index (κ1) is 16.8. The summed E-state index contributed by atoms with van der Waals surface area (Å²) in [4.78, 5) is 24.7. The lowest BCUT2D eigenvalue weighted by Crippen LogP contribution is -2.47. The summed E-state index contributed by atoms with van der Waals surface area (Å²) >= 11 is 0. The summed E-state index contributed by atoms with van der Waals surface area (Å²) in [6.07, 6.45) is 1.11. The molecule has 0 bridgehead atoms. The highest BCUT2D eigenvalue weighted by atomic mass is 16.4. The largest absolute Gasteiger partial charge is 0.481 e. The Hall–Kier alpha value is -1.26. The van der Waals surface area contributed by atoms with Gasteiger partial charge in [0.15, 0.2) is 0 Å². The monoisotopic (exact) mass is 284 g/mol. The van der Waals surface area contributed by atoms with E-state index in [0.717, 1.165) is 0 Å². The van der Waals surface area contributed by atoms with Gasteiger partial charge in [-0.25, -0.2) is 4.79 Å². The fraction of sp³-hybridized carbons (Fsp3) is 0.867. The molecule has 0 aromatic carbocycles. The second kappa shape index (κ2) is 7.50. The van der Waals surface area contributed by atoms with E-state index in [1.165, 1.54) is 0 Å². The first-order chi connectivity index (χ1) is 9.32. The Morgan fingerprint density at radius 1 is 1.15 bits per heavy atom. The van der Waals surface area contributed by atoms with E-state index in [4.69, 9.17) is 5.11 Å². The van der Waals surface area contributed by atoms with E-state index in [2.05, 4.69) is 33.0 Å². The van der Waals surface area contributed by atoms with E-state index in [0.29, 0.717) is 50.2 Å². The van der Waals surface area contributed by atoms with Crippen molar-refractivity contribution in [2.75, 3.05) is 19.6 Å². The Morgan fingerprint density at radius 2 is 1.65 bits per heavy atom. The molecule has 1 aliphatic heterocycles. The number of carboxylic acids is 1. The molecule has 0 unspecified atom stereocenters. The zero-order chi connectivity index (χ0) is 15.3. The van der Waals surface area contributed by atoms with Crippen LogP contribution in [0.2, 0.25) is 0 Å². The summed E-state index contributed by atoms with van der Waals surface area (Å²) in [6.45, 7) is 10.5. The number of amides is 2. The topological polar surface area (TPSA) is 69.6 Å². The highest BCUT2D eigenvalue weighted by molar-refractivity contribution is 5.75. The fourth-order valence-corrected chi connectivity index (χ4v) is 2.89. The quantitative estimate of drug-likeness (QED) is 0.814. The molecule has 5 heteroatoms. The van der Waals surface area contributed by atoms with Gasteiger partial charge in [0.1, 0.15) is 0 Å². The molecule has 1 fully saturated rings. The van der Waals surface area contributed by atoms with E-state index in [9.17, 15) is 9.59 Å². The first-order valence-corrected chi connectivity index (χ1v) is 7.58. The van der Waals surface area contributed by atoms with Crippen LogP contribution < -0.4 is 5.32 Å². The van der Waals surface area contributed by atoms with Gasteiger partial charge >= 0.3 is 12.0 Å². The molecule has 20 heavy (non-hydrogen) atoms. The van der Waals surface area contributed by atoms with Crippen molar-refractivity contribution in [2.24, 2.45) is 23.7 Å². The molecule has 0 saturated carbocycles. The zero-order valence-corrected chi connectivity index (χ0v) is 13.1. The third kappa shape index (κ3) is 4.69. The summed E-state index contributed by atoms with van der Waals surface area (Å²) in [6, 6.07) is -0.0554. The molecule has 0 aromatic rings. The van der Waals surface area contributed by atoms with Gasteiger partial charge in [-0.05, 0) is 30.6 Å². The van der Waals surface area contributed by atoms with Crippen LogP contribution in [0.4, 0.5) is 4.79 Å². The Balaban J connectivity index is 2.39. The molecular formula is C15H28N2O3. The maximum absolute atomic E-state index is 12.1. The lowest BCUT2D eigenvalue weighted by molar-refractivity contribution is -0.143. The number of nitrogens with zero attached hydrogens (tertiary/aromatic N) is 1. The summed E-state index contributed by atoms with van der Waals surface area (Å²) in [7, 11) is 0. The van der Waals surface area contributed by atoms with Crippen LogP contribution in [0.5, 0.6) is 0 Å². The maximum Gasteiger partial charge on any atom is 0.317 e. The minimum absolute atomic E-state index is 0.0554. The number of hydrogen-bond acceptors (Lipinski definition) is 2. The number of piperidine rings is 1. The normalized spacial score (nSPS) is 17.1. The fourth-order valence-electron chi connectivity index (χ4n) is 2.89. The number of nitrogens with one attached hydrogen (secondary N) is 1. The van der Waals surface area contributed by atoms with Crippen LogP contribution in [0.3, 0.4) is 0 Å². The minimum Gasteiger partial charge on any atom is -0.481 e. The van der Waals surface area contributed by atoms with Crippen molar-refractivity contribution < 1.29 is 14.7 Å². The average molecular weight is 284 g/mol. The molecule has 0 radical (unpaired) electrons.